The number of carbonyl (C=O) groups is 1. The highest BCUT2D eigenvalue weighted by Crippen LogP contribution is 1.85. The Morgan fingerprint density at radius 2 is 2.33 bits per heavy atom. The molecule has 0 saturated carbocycles. The summed E-state index contributed by atoms with van der Waals surface area (Å²) in [6.45, 7) is 4.06. The van der Waals surface area contributed by atoms with Crippen molar-refractivity contribution in [2.75, 3.05) is 25.6 Å². The molecule has 0 spiro atoms. The number of carbonyl (C=O) groups excluding carboxylic acids is 1. The molecule has 4 heteroatoms. The van der Waals surface area contributed by atoms with E-state index in [0.717, 1.165) is 13.0 Å². The van der Waals surface area contributed by atoms with E-state index in [9.17, 15) is 4.79 Å². The normalized spacial score (nSPS) is 9.83. The van der Waals surface area contributed by atoms with Crippen LogP contribution in [0.4, 0.5) is 0 Å². The van der Waals surface area contributed by atoms with Gasteiger partial charge in [0.05, 0.1) is 0 Å². The highest BCUT2D eigenvalue weighted by molar-refractivity contribution is 6.18. The molecule has 1 N–H and O–H groups in total. The van der Waals surface area contributed by atoms with Crippen molar-refractivity contribution in [2.24, 2.45) is 0 Å². The molecule has 0 atom stereocenters. The number of nitrogens with one attached hydrogen (secondary N) is 1. The van der Waals surface area contributed by atoms with Crippen molar-refractivity contribution < 1.29 is 9.53 Å². The van der Waals surface area contributed by atoms with E-state index < -0.39 is 0 Å². The first-order chi connectivity index (χ1) is 5.81. The summed E-state index contributed by atoms with van der Waals surface area (Å²) in [5, 5.41) is 2.74. The molecule has 1 amide bonds. The van der Waals surface area contributed by atoms with Gasteiger partial charge in [-0.2, -0.15) is 0 Å². The standard InChI is InChI=1S/C8H16ClNO2/c1-2-12-7-3-6-10-8(11)4-5-9/h2-7H2,1H3,(H,10,11). The van der Waals surface area contributed by atoms with E-state index in [0.29, 0.717) is 25.5 Å². The van der Waals surface area contributed by atoms with Gasteiger partial charge in [0.2, 0.25) is 5.91 Å². The maximum absolute atomic E-state index is 10.8. The zero-order valence-electron chi connectivity index (χ0n) is 7.44. The smallest absolute Gasteiger partial charge is 0.221 e. The van der Waals surface area contributed by atoms with Crippen LogP contribution in [-0.2, 0) is 9.53 Å². The minimum atomic E-state index is 0.0153. The van der Waals surface area contributed by atoms with Crippen LogP contribution in [0, 0.1) is 0 Å². The lowest BCUT2D eigenvalue weighted by Gasteiger charge is -2.03. The van der Waals surface area contributed by atoms with E-state index in [1.807, 2.05) is 6.92 Å². The third-order valence-electron chi connectivity index (χ3n) is 1.31. The van der Waals surface area contributed by atoms with Crippen molar-refractivity contribution in [1.82, 2.24) is 5.32 Å². The van der Waals surface area contributed by atoms with E-state index in [-0.39, 0.29) is 5.91 Å². The van der Waals surface area contributed by atoms with Crippen LogP contribution in [0.3, 0.4) is 0 Å². The Labute approximate surface area is 78.4 Å². The van der Waals surface area contributed by atoms with Crippen LogP contribution in [0.15, 0.2) is 0 Å². The van der Waals surface area contributed by atoms with E-state index in [2.05, 4.69) is 5.32 Å². The van der Waals surface area contributed by atoms with Gasteiger partial charge in [-0.05, 0) is 13.3 Å². The van der Waals surface area contributed by atoms with Crippen molar-refractivity contribution in [3.8, 4) is 0 Å². The summed E-state index contributed by atoms with van der Waals surface area (Å²) >= 11 is 5.37. The lowest BCUT2D eigenvalue weighted by atomic mass is 10.4. The summed E-state index contributed by atoms with van der Waals surface area (Å²) in [6.07, 6.45) is 1.26. The van der Waals surface area contributed by atoms with Crippen LogP contribution in [0.5, 0.6) is 0 Å². The van der Waals surface area contributed by atoms with Crippen LogP contribution in [0.2, 0.25) is 0 Å². The number of alkyl halides is 1. The predicted molar refractivity (Wildman–Crippen MR) is 49.5 cm³/mol. The fourth-order valence-corrected chi connectivity index (χ4v) is 0.892. The van der Waals surface area contributed by atoms with Gasteiger partial charge in [0.25, 0.3) is 0 Å². The molecule has 12 heavy (non-hydrogen) atoms. The van der Waals surface area contributed by atoms with Crippen LogP contribution in [-0.4, -0.2) is 31.5 Å². The lowest BCUT2D eigenvalue weighted by molar-refractivity contribution is -0.120. The van der Waals surface area contributed by atoms with E-state index in [1.54, 1.807) is 0 Å². The molecule has 0 fully saturated rings. The Balaban J connectivity index is 3.03. The average Bonchev–Trinajstić information content (AvgIpc) is 2.05. The minimum Gasteiger partial charge on any atom is -0.382 e. The Morgan fingerprint density at radius 3 is 2.92 bits per heavy atom. The van der Waals surface area contributed by atoms with Crippen LogP contribution >= 0.6 is 11.6 Å². The fourth-order valence-electron chi connectivity index (χ4n) is 0.721. The molecule has 0 aliphatic rings. The van der Waals surface area contributed by atoms with Gasteiger partial charge in [0.15, 0.2) is 0 Å². The number of hydrogen-bond donors (Lipinski definition) is 1. The van der Waals surface area contributed by atoms with Crippen LogP contribution < -0.4 is 5.32 Å². The number of ether oxygens (including phenoxy) is 1. The van der Waals surface area contributed by atoms with Gasteiger partial charge in [-0.3, -0.25) is 4.79 Å². The van der Waals surface area contributed by atoms with E-state index in [4.69, 9.17) is 16.3 Å². The van der Waals surface area contributed by atoms with Crippen LogP contribution in [0.1, 0.15) is 19.8 Å². The van der Waals surface area contributed by atoms with Gasteiger partial charge in [-0.15, -0.1) is 11.6 Å². The Kier molecular flexibility index (Phi) is 8.61. The zero-order chi connectivity index (χ0) is 9.23. The maximum Gasteiger partial charge on any atom is 0.221 e. The molecule has 72 valence electrons. The lowest BCUT2D eigenvalue weighted by Crippen LogP contribution is -2.25. The number of rotatable bonds is 7. The fraction of sp³-hybridized carbons (Fsp3) is 0.875. The first-order valence-corrected chi connectivity index (χ1v) is 4.75. The second kappa shape index (κ2) is 8.81. The molecule has 0 aliphatic heterocycles. The predicted octanol–water partition coefficient (Wildman–Crippen LogP) is 1.16. The van der Waals surface area contributed by atoms with Gasteiger partial charge < -0.3 is 10.1 Å². The molecular weight excluding hydrogens is 178 g/mol. The SMILES string of the molecule is CCOCCCNC(=O)CCCl. The summed E-state index contributed by atoms with van der Waals surface area (Å²) in [5.74, 6) is 0.401. The molecule has 0 aromatic carbocycles. The van der Waals surface area contributed by atoms with Crippen molar-refractivity contribution >= 4 is 17.5 Å². The largest absolute Gasteiger partial charge is 0.382 e. The molecular formula is C8H16ClNO2. The molecule has 0 radical (unpaired) electrons. The highest BCUT2D eigenvalue weighted by atomic mass is 35.5. The molecule has 0 aromatic rings. The van der Waals surface area contributed by atoms with Gasteiger partial charge in [0.1, 0.15) is 0 Å². The summed E-state index contributed by atoms with van der Waals surface area (Å²) in [5.41, 5.74) is 0. The third-order valence-corrected chi connectivity index (χ3v) is 1.50. The number of hydrogen-bond acceptors (Lipinski definition) is 2. The summed E-state index contributed by atoms with van der Waals surface area (Å²) in [6, 6.07) is 0. The first-order valence-electron chi connectivity index (χ1n) is 4.21. The Hall–Kier alpha value is -0.280. The Bertz CT molecular complexity index is 120. The minimum absolute atomic E-state index is 0.0153. The topological polar surface area (TPSA) is 38.3 Å². The number of halogens is 1. The molecule has 0 heterocycles. The van der Waals surface area contributed by atoms with Gasteiger partial charge in [0, 0.05) is 32.1 Å². The van der Waals surface area contributed by atoms with Crippen molar-refractivity contribution in [3.63, 3.8) is 0 Å². The van der Waals surface area contributed by atoms with E-state index >= 15 is 0 Å². The maximum atomic E-state index is 10.8. The Morgan fingerprint density at radius 1 is 1.58 bits per heavy atom. The van der Waals surface area contributed by atoms with Crippen LogP contribution in [0.25, 0.3) is 0 Å². The number of amides is 1. The zero-order valence-corrected chi connectivity index (χ0v) is 8.19. The van der Waals surface area contributed by atoms with Crippen molar-refractivity contribution in [3.05, 3.63) is 0 Å². The quantitative estimate of drug-likeness (QED) is 0.487. The third kappa shape index (κ3) is 7.82. The monoisotopic (exact) mass is 193 g/mol. The second-order valence-electron chi connectivity index (χ2n) is 2.34. The molecule has 0 rings (SSSR count). The first kappa shape index (κ1) is 11.7. The summed E-state index contributed by atoms with van der Waals surface area (Å²) < 4.78 is 5.10. The van der Waals surface area contributed by atoms with Gasteiger partial charge >= 0.3 is 0 Å². The molecule has 0 bridgehead atoms. The highest BCUT2D eigenvalue weighted by Gasteiger charge is 1.97. The summed E-state index contributed by atoms with van der Waals surface area (Å²) in [4.78, 5) is 10.8. The molecule has 0 aliphatic carbocycles. The van der Waals surface area contributed by atoms with E-state index in [1.165, 1.54) is 0 Å². The van der Waals surface area contributed by atoms with Crippen molar-refractivity contribution in [2.45, 2.75) is 19.8 Å². The molecule has 3 nitrogen and oxygen atoms in total. The van der Waals surface area contributed by atoms with Crippen molar-refractivity contribution in [1.29, 1.82) is 0 Å². The molecule has 0 aromatic heterocycles. The van der Waals surface area contributed by atoms with Gasteiger partial charge in [-0.1, -0.05) is 0 Å². The second-order valence-corrected chi connectivity index (χ2v) is 2.72. The average molecular weight is 194 g/mol. The molecule has 0 saturated heterocycles. The summed E-state index contributed by atoms with van der Waals surface area (Å²) in [7, 11) is 0. The van der Waals surface area contributed by atoms with Gasteiger partial charge in [-0.25, -0.2) is 0 Å². The molecule has 0 unspecified atom stereocenters.